The SMILES string of the molecule is O=C(CNC(=O)c1ccc2c(c1)C(=O)N(C1CCCCC1)C2=O)NC1CCCCC1. The lowest BCUT2D eigenvalue weighted by Gasteiger charge is -2.29. The number of fused-ring (bicyclic) bond motifs is 1. The minimum atomic E-state index is -0.423. The molecule has 4 rings (SSSR count). The second kappa shape index (κ2) is 8.98. The van der Waals surface area contributed by atoms with E-state index in [0.29, 0.717) is 5.56 Å². The summed E-state index contributed by atoms with van der Waals surface area (Å²) in [6.07, 6.45) is 10.3. The van der Waals surface area contributed by atoms with Crippen molar-refractivity contribution in [2.45, 2.75) is 76.3 Å². The predicted octanol–water partition coefficient (Wildman–Crippen LogP) is 2.79. The minimum Gasteiger partial charge on any atom is -0.352 e. The van der Waals surface area contributed by atoms with Gasteiger partial charge in [-0.05, 0) is 43.9 Å². The molecule has 2 aliphatic carbocycles. The number of hydrogen-bond acceptors (Lipinski definition) is 4. The number of hydrogen-bond donors (Lipinski definition) is 2. The molecule has 7 heteroatoms. The topological polar surface area (TPSA) is 95.6 Å². The molecule has 4 amide bonds. The molecule has 7 nitrogen and oxygen atoms in total. The molecule has 1 aromatic rings. The summed E-state index contributed by atoms with van der Waals surface area (Å²) in [5.41, 5.74) is 0.924. The zero-order chi connectivity index (χ0) is 21.1. The molecule has 0 spiro atoms. The van der Waals surface area contributed by atoms with Crippen LogP contribution in [0.2, 0.25) is 0 Å². The Morgan fingerprint density at radius 1 is 0.867 bits per heavy atom. The van der Waals surface area contributed by atoms with Gasteiger partial charge in [-0.1, -0.05) is 38.5 Å². The summed E-state index contributed by atoms with van der Waals surface area (Å²) in [4.78, 5) is 51.6. The first-order valence-corrected chi connectivity index (χ1v) is 11.1. The van der Waals surface area contributed by atoms with Crippen molar-refractivity contribution < 1.29 is 19.2 Å². The Hall–Kier alpha value is -2.70. The highest BCUT2D eigenvalue weighted by atomic mass is 16.2. The van der Waals surface area contributed by atoms with Crippen molar-refractivity contribution in [1.29, 1.82) is 0 Å². The summed E-state index contributed by atoms with van der Waals surface area (Å²) in [5, 5.41) is 5.58. The van der Waals surface area contributed by atoms with Crippen LogP contribution in [-0.4, -0.2) is 47.2 Å². The van der Waals surface area contributed by atoms with E-state index >= 15 is 0 Å². The maximum Gasteiger partial charge on any atom is 0.261 e. The van der Waals surface area contributed by atoms with Crippen LogP contribution in [-0.2, 0) is 4.79 Å². The van der Waals surface area contributed by atoms with E-state index < -0.39 is 5.91 Å². The monoisotopic (exact) mass is 411 g/mol. The summed E-state index contributed by atoms with van der Waals surface area (Å²) in [6, 6.07) is 4.72. The summed E-state index contributed by atoms with van der Waals surface area (Å²) in [6.45, 7) is -0.104. The number of nitrogens with one attached hydrogen (secondary N) is 2. The maximum atomic E-state index is 12.9. The van der Waals surface area contributed by atoms with E-state index in [1.54, 1.807) is 12.1 Å². The Morgan fingerprint density at radius 2 is 1.50 bits per heavy atom. The second-order valence-corrected chi connectivity index (χ2v) is 8.62. The van der Waals surface area contributed by atoms with Crippen molar-refractivity contribution in [3.05, 3.63) is 34.9 Å². The highest BCUT2D eigenvalue weighted by molar-refractivity contribution is 6.22. The van der Waals surface area contributed by atoms with E-state index in [0.717, 1.165) is 57.8 Å². The Kier molecular flexibility index (Phi) is 6.16. The lowest BCUT2D eigenvalue weighted by Crippen LogP contribution is -2.42. The second-order valence-electron chi connectivity index (χ2n) is 8.62. The first-order chi connectivity index (χ1) is 14.5. The van der Waals surface area contributed by atoms with Crippen LogP contribution >= 0.6 is 0 Å². The molecule has 0 bridgehead atoms. The number of benzene rings is 1. The lowest BCUT2D eigenvalue weighted by atomic mass is 9.94. The first-order valence-electron chi connectivity index (χ1n) is 11.1. The lowest BCUT2D eigenvalue weighted by molar-refractivity contribution is -0.121. The molecular weight excluding hydrogens is 382 g/mol. The Bertz CT molecular complexity index is 854. The summed E-state index contributed by atoms with van der Waals surface area (Å²) >= 11 is 0. The first kappa shape index (κ1) is 20.6. The normalized spacial score (nSPS) is 20.2. The van der Waals surface area contributed by atoms with Crippen molar-refractivity contribution in [2.24, 2.45) is 0 Å². The van der Waals surface area contributed by atoms with Gasteiger partial charge in [0.1, 0.15) is 0 Å². The third-order valence-corrected chi connectivity index (χ3v) is 6.50. The van der Waals surface area contributed by atoms with Gasteiger partial charge < -0.3 is 10.6 Å². The fourth-order valence-corrected chi connectivity index (χ4v) is 4.86. The smallest absolute Gasteiger partial charge is 0.261 e. The number of carbonyl (C=O) groups excluding carboxylic acids is 4. The molecule has 2 saturated carbocycles. The number of nitrogens with zero attached hydrogens (tertiary/aromatic N) is 1. The van der Waals surface area contributed by atoms with Gasteiger partial charge in [0.05, 0.1) is 17.7 Å². The van der Waals surface area contributed by atoms with Gasteiger partial charge in [0.2, 0.25) is 5.91 Å². The Balaban J connectivity index is 1.38. The van der Waals surface area contributed by atoms with Gasteiger partial charge in [0.25, 0.3) is 17.7 Å². The molecular formula is C23H29N3O4. The van der Waals surface area contributed by atoms with Gasteiger partial charge in [0, 0.05) is 17.6 Å². The molecule has 0 radical (unpaired) electrons. The predicted molar refractivity (Wildman–Crippen MR) is 111 cm³/mol. The molecule has 1 aliphatic heterocycles. The van der Waals surface area contributed by atoms with Crippen molar-refractivity contribution in [3.8, 4) is 0 Å². The van der Waals surface area contributed by atoms with E-state index in [4.69, 9.17) is 0 Å². The van der Waals surface area contributed by atoms with Crippen LogP contribution < -0.4 is 10.6 Å². The van der Waals surface area contributed by atoms with Gasteiger partial charge in [-0.25, -0.2) is 0 Å². The van der Waals surface area contributed by atoms with Crippen LogP contribution in [0.1, 0.15) is 95.3 Å². The quantitative estimate of drug-likeness (QED) is 0.729. The molecule has 0 unspecified atom stereocenters. The van der Waals surface area contributed by atoms with Crippen molar-refractivity contribution >= 4 is 23.6 Å². The van der Waals surface area contributed by atoms with Crippen molar-refractivity contribution in [2.75, 3.05) is 6.54 Å². The molecule has 2 fully saturated rings. The van der Waals surface area contributed by atoms with Gasteiger partial charge >= 0.3 is 0 Å². The van der Waals surface area contributed by atoms with E-state index in [-0.39, 0.29) is 47.5 Å². The molecule has 0 atom stereocenters. The van der Waals surface area contributed by atoms with Crippen molar-refractivity contribution in [3.63, 3.8) is 0 Å². The van der Waals surface area contributed by atoms with Gasteiger partial charge in [-0.3, -0.25) is 24.1 Å². The molecule has 0 saturated heterocycles. The minimum absolute atomic E-state index is 0.0492. The number of amides is 4. The molecule has 0 aromatic heterocycles. The van der Waals surface area contributed by atoms with Crippen LogP contribution in [0.5, 0.6) is 0 Å². The van der Waals surface area contributed by atoms with Crippen LogP contribution in [0.4, 0.5) is 0 Å². The van der Waals surface area contributed by atoms with Crippen LogP contribution in [0.15, 0.2) is 18.2 Å². The van der Waals surface area contributed by atoms with Gasteiger partial charge in [-0.2, -0.15) is 0 Å². The molecule has 1 heterocycles. The third kappa shape index (κ3) is 4.25. The number of rotatable bonds is 5. The molecule has 2 N–H and O–H groups in total. The highest BCUT2D eigenvalue weighted by Gasteiger charge is 2.40. The van der Waals surface area contributed by atoms with Crippen LogP contribution in [0.25, 0.3) is 0 Å². The molecule has 160 valence electrons. The third-order valence-electron chi connectivity index (χ3n) is 6.50. The largest absolute Gasteiger partial charge is 0.352 e. The fourth-order valence-electron chi connectivity index (χ4n) is 4.86. The Labute approximate surface area is 176 Å². The zero-order valence-electron chi connectivity index (χ0n) is 17.2. The average molecular weight is 412 g/mol. The van der Waals surface area contributed by atoms with Gasteiger partial charge in [0.15, 0.2) is 0 Å². The summed E-state index contributed by atoms with van der Waals surface area (Å²) in [5.74, 6) is -1.20. The van der Waals surface area contributed by atoms with E-state index in [1.165, 1.54) is 17.4 Å². The van der Waals surface area contributed by atoms with E-state index in [9.17, 15) is 19.2 Å². The van der Waals surface area contributed by atoms with Crippen LogP contribution in [0.3, 0.4) is 0 Å². The Morgan fingerprint density at radius 3 is 2.20 bits per heavy atom. The molecule has 1 aromatic carbocycles. The summed E-state index contributed by atoms with van der Waals surface area (Å²) in [7, 11) is 0. The summed E-state index contributed by atoms with van der Waals surface area (Å²) < 4.78 is 0. The van der Waals surface area contributed by atoms with Crippen LogP contribution in [0, 0.1) is 0 Å². The fraction of sp³-hybridized carbons (Fsp3) is 0.565. The number of imide groups is 1. The maximum absolute atomic E-state index is 12.9. The van der Waals surface area contributed by atoms with Crippen molar-refractivity contribution in [1.82, 2.24) is 15.5 Å². The highest BCUT2D eigenvalue weighted by Crippen LogP contribution is 2.31. The standard InChI is InChI=1S/C23H29N3O4/c27-20(25-16-7-3-1-4-8-16)14-24-21(28)15-11-12-18-19(13-15)23(30)26(22(18)29)17-9-5-2-6-10-17/h11-13,16-17H,1-10,14H2,(H,24,28)(H,25,27). The number of carbonyl (C=O) groups is 4. The average Bonchev–Trinajstić information content (AvgIpc) is 3.03. The van der Waals surface area contributed by atoms with E-state index in [1.807, 2.05) is 0 Å². The molecule has 3 aliphatic rings. The van der Waals surface area contributed by atoms with E-state index in [2.05, 4.69) is 10.6 Å². The zero-order valence-corrected chi connectivity index (χ0v) is 17.2. The molecule has 30 heavy (non-hydrogen) atoms. The van der Waals surface area contributed by atoms with Gasteiger partial charge in [-0.15, -0.1) is 0 Å².